The molecular formula is C18H15BrN4O5. The first-order valence-corrected chi connectivity index (χ1v) is 8.78. The molecule has 0 spiro atoms. The van der Waals surface area contributed by atoms with E-state index in [0.29, 0.717) is 22.3 Å². The molecule has 2 aromatic carbocycles. The van der Waals surface area contributed by atoms with E-state index in [1.165, 1.54) is 32.6 Å². The Morgan fingerprint density at radius 2 is 2.00 bits per heavy atom. The Morgan fingerprint density at radius 3 is 2.64 bits per heavy atom. The number of nitro groups is 1. The molecule has 0 saturated heterocycles. The number of nitrogens with zero attached hydrogens (tertiary/aromatic N) is 4. The number of aromatic nitrogens is 2. The van der Waals surface area contributed by atoms with Gasteiger partial charge < -0.3 is 9.47 Å². The number of ether oxygens (including phenoxy) is 2. The van der Waals surface area contributed by atoms with Crippen LogP contribution < -0.4 is 15.0 Å². The Hall–Kier alpha value is -3.27. The van der Waals surface area contributed by atoms with E-state index >= 15 is 0 Å². The van der Waals surface area contributed by atoms with Gasteiger partial charge in [-0.25, -0.2) is 4.98 Å². The first-order chi connectivity index (χ1) is 13.3. The zero-order valence-corrected chi connectivity index (χ0v) is 16.8. The minimum atomic E-state index is -0.578. The fraction of sp³-hybridized carbons (Fsp3) is 0.167. The predicted molar refractivity (Wildman–Crippen MR) is 108 cm³/mol. The van der Waals surface area contributed by atoms with E-state index in [1.54, 1.807) is 25.1 Å². The highest BCUT2D eigenvalue weighted by molar-refractivity contribution is 9.10. The van der Waals surface area contributed by atoms with Gasteiger partial charge in [0.1, 0.15) is 5.82 Å². The number of aryl methyl sites for hydroxylation is 1. The number of benzene rings is 2. The van der Waals surface area contributed by atoms with E-state index in [-0.39, 0.29) is 22.7 Å². The van der Waals surface area contributed by atoms with Gasteiger partial charge in [0.25, 0.3) is 5.56 Å². The normalized spacial score (nSPS) is 11.1. The fourth-order valence-corrected chi connectivity index (χ4v) is 3.06. The third kappa shape index (κ3) is 3.58. The van der Waals surface area contributed by atoms with Crippen molar-refractivity contribution in [2.45, 2.75) is 6.92 Å². The van der Waals surface area contributed by atoms with Crippen molar-refractivity contribution >= 4 is 38.7 Å². The lowest BCUT2D eigenvalue weighted by molar-refractivity contribution is -0.385. The van der Waals surface area contributed by atoms with E-state index in [0.717, 1.165) is 9.15 Å². The van der Waals surface area contributed by atoms with Crippen molar-refractivity contribution in [1.82, 2.24) is 9.66 Å². The second-order valence-electron chi connectivity index (χ2n) is 5.71. The topological polar surface area (TPSA) is 109 Å². The molecule has 0 unspecified atom stereocenters. The fourth-order valence-electron chi connectivity index (χ4n) is 2.70. The van der Waals surface area contributed by atoms with Crippen molar-refractivity contribution in [3.8, 4) is 11.5 Å². The van der Waals surface area contributed by atoms with Gasteiger partial charge in [-0.15, -0.1) is 0 Å². The van der Waals surface area contributed by atoms with Crippen molar-refractivity contribution in [2.24, 2.45) is 5.10 Å². The number of nitro benzene ring substituents is 1. The third-order valence-electron chi connectivity index (χ3n) is 3.97. The highest BCUT2D eigenvalue weighted by Crippen LogP contribution is 2.37. The molecule has 0 amide bonds. The minimum Gasteiger partial charge on any atom is -0.493 e. The summed E-state index contributed by atoms with van der Waals surface area (Å²) in [5.74, 6) is 0.573. The van der Waals surface area contributed by atoms with Crippen LogP contribution in [0, 0.1) is 17.0 Å². The average molecular weight is 447 g/mol. The summed E-state index contributed by atoms with van der Waals surface area (Å²) >= 11 is 3.33. The summed E-state index contributed by atoms with van der Waals surface area (Å²) in [7, 11) is 2.70. The van der Waals surface area contributed by atoms with Crippen molar-refractivity contribution < 1.29 is 14.4 Å². The lowest BCUT2D eigenvalue weighted by Gasteiger charge is -2.09. The van der Waals surface area contributed by atoms with Crippen LogP contribution >= 0.6 is 15.9 Å². The average Bonchev–Trinajstić information content (AvgIpc) is 2.67. The standard InChI is InChI=1S/C18H15BrN4O5/c1-10-21-14-5-4-12(19)8-13(14)18(24)22(10)20-9-11-6-15(23(25)26)17(28-3)16(7-11)27-2/h4-9H,1-3H3. The number of hydrogen-bond acceptors (Lipinski definition) is 7. The Kier molecular flexibility index (Phi) is 5.41. The number of rotatable bonds is 5. The summed E-state index contributed by atoms with van der Waals surface area (Å²) in [5, 5.41) is 15.9. The molecule has 0 atom stereocenters. The number of hydrogen-bond donors (Lipinski definition) is 0. The summed E-state index contributed by atoms with van der Waals surface area (Å²) in [6.45, 7) is 1.65. The summed E-state index contributed by atoms with van der Waals surface area (Å²) in [5.41, 5.74) is 0.298. The highest BCUT2D eigenvalue weighted by atomic mass is 79.9. The van der Waals surface area contributed by atoms with Crippen LogP contribution in [0.4, 0.5) is 5.69 Å². The third-order valence-corrected chi connectivity index (χ3v) is 4.46. The smallest absolute Gasteiger partial charge is 0.315 e. The SMILES string of the molecule is COc1cc(C=Nn2c(C)nc3ccc(Br)cc3c2=O)cc([N+](=O)[O-])c1OC. The van der Waals surface area contributed by atoms with Gasteiger partial charge in [-0.1, -0.05) is 15.9 Å². The lowest BCUT2D eigenvalue weighted by Crippen LogP contribution is -2.20. The number of halogens is 1. The monoisotopic (exact) mass is 446 g/mol. The van der Waals surface area contributed by atoms with Gasteiger partial charge in [0.05, 0.1) is 36.3 Å². The molecule has 10 heteroatoms. The molecule has 0 aliphatic heterocycles. The van der Waals surface area contributed by atoms with Crippen molar-refractivity contribution in [1.29, 1.82) is 0 Å². The van der Waals surface area contributed by atoms with Gasteiger partial charge in [-0.2, -0.15) is 9.78 Å². The molecule has 0 aliphatic carbocycles. The zero-order chi connectivity index (χ0) is 20.4. The largest absolute Gasteiger partial charge is 0.493 e. The van der Waals surface area contributed by atoms with Gasteiger partial charge in [0.15, 0.2) is 5.75 Å². The first-order valence-electron chi connectivity index (χ1n) is 7.99. The Balaban J connectivity index is 2.13. The van der Waals surface area contributed by atoms with Crippen LogP contribution in [0.2, 0.25) is 0 Å². The van der Waals surface area contributed by atoms with Crippen LogP contribution in [-0.2, 0) is 0 Å². The molecule has 28 heavy (non-hydrogen) atoms. The van der Waals surface area contributed by atoms with Crippen molar-refractivity contribution in [3.05, 3.63) is 66.7 Å². The van der Waals surface area contributed by atoms with Crippen LogP contribution in [0.1, 0.15) is 11.4 Å². The van der Waals surface area contributed by atoms with Gasteiger partial charge in [0.2, 0.25) is 5.75 Å². The van der Waals surface area contributed by atoms with Gasteiger partial charge in [-0.05, 0) is 31.2 Å². The second kappa shape index (κ2) is 7.77. The van der Waals surface area contributed by atoms with Gasteiger partial charge in [-0.3, -0.25) is 14.9 Å². The molecule has 9 nitrogen and oxygen atoms in total. The van der Waals surface area contributed by atoms with E-state index in [2.05, 4.69) is 26.0 Å². The van der Waals surface area contributed by atoms with E-state index in [4.69, 9.17) is 9.47 Å². The molecule has 0 radical (unpaired) electrons. The highest BCUT2D eigenvalue weighted by Gasteiger charge is 2.21. The molecule has 0 saturated carbocycles. The van der Waals surface area contributed by atoms with Crippen LogP contribution in [0.3, 0.4) is 0 Å². The van der Waals surface area contributed by atoms with E-state index in [1.807, 2.05) is 0 Å². The Bertz CT molecular complexity index is 1170. The van der Waals surface area contributed by atoms with Crippen LogP contribution in [0.25, 0.3) is 10.9 Å². The zero-order valence-electron chi connectivity index (χ0n) is 15.2. The molecule has 1 aromatic heterocycles. The van der Waals surface area contributed by atoms with Crippen LogP contribution in [0.5, 0.6) is 11.5 Å². The van der Waals surface area contributed by atoms with Gasteiger partial charge in [0, 0.05) is 16.1 Å². The molecule has 0 aliphatic rings. The maximum absolute atomic E-state index is 12.8. The molecule has 1 heterocycles. The Labute approximate surface area is 167 Å². The molecule has 0 bridgehead atoms. The van der Waals surface area contributed by atoms with Gasteiger partial charge >= 0.3 is 5.69 Å². The maximum Gasteiger partial charge on any atom is 0.315 e. The molecule has 0 N–H and O–H groups in total. The first kappa shape index (κ1) is 19.5. The van der Waals surface area contributed by atoms with Crippen molar-refractivity contribution in [2.75, 3.05) is 14.2 Å². The molecular weight excluding hydrogens is 432 g/mol. The van der Waals surface area contributed by atoms with E-state index < -0.39 is 4.92 Å². The maximum atomic E-state index is 12.8. The summed E-state index contributed by atoms with van der Waals surface area (Å²) < 4.78 is 12.1. The molecule has 3 rings (SSSR count). The summed E-state index contributed by atoms with van der Waals surface area (Å²) in [4.78, 5) is 27.9. The second-order valence-corrected chi connectivity index (χ2v) is 6.63. The Morgan fingerprint density at radius 1 is 1.25 bits per heavy atom. The van der Waals surface area contributed by atoms with Crippen molar-refractivity contribution in [3.63, 3.8) is 0 Å². The summed E-state index contributed by atoms with van der Waals surface area (Å²) in [6.07, 6.45) is 1.33. The number of methoxy groups -OCH3 is 2. The van der Waals surface area contributed by atoms with Crippen LogP contribution in [0.15, 0.2) is 44.7 Å². The minimum absolute atomic E-state index is 0.00946. The summed E-state index contributed by atoms with van der Waals surface area (Å²) in [6, 6.07) is 8.01. The molecule has 3 aromatic rings. The quantitative estimate of drug-likeness (QED) is 0.338. The van der Waals surface area contributed by atoms with Crippen LogP contribution in [-0.4, -0.2) is 35.0 Å². The molecule has 0 fully saturated rings. The number of fused-ring (bicyclic) bond motifs is 1. The van der Waals surface area contributed by atoms with E-state index in [9.17, 15) is 14.9 Å². The molecule has 144 valence electrons. The lowest BCUT2D eigenvalue weighted by atomic mass is 10.2. The predicted octanol–water partition coefficient (Wildman–Crippen LogP) is 3.28.